The molecule has 4 rings (SSSR count). The molecule has 2 heterocycles. The Bertz CT molecular complexity index is 912. The van der Waals surface area contributed by atoms with Crippen molar-refractivity contribution in [2.45, 2.75) is 38.8 Å². The van der Waals surface area contributed by atoms with Gasteiger partial charge in [0, 0.05) is 29.9 Å². The molecule has 1 amide bonds. The van der Waals surface area contributed by atoms with Crippen LogP contribution in [0.5, 0.6) is 0 Å². The van der Waals surface area contributed by atoms with Crippen LogP contribution < -0.4 is 15.1 Å². The van der Waals surface area contributed by atoms with Gasteiger partial charge in [-0.05, 0) is 49.2 Å². The van der Waals surface area contributed by atoms with Crippen LogP contribution in [0.25, 0.3) is 6.08 Å². The van der Waals surface area contributed by atoms with E-state index >= 15 is 0 Å². The van der Waals surface area contributed by atoms with E-state index in [1.807, 2.05) is 6.07 Å². The number of nitrogens with zero attached hydrogens (tertiary/aromatic N) is 2. The van der Waals surface area contributed by atoms with Gasteiger partial charge in [0.1, 0.15) is 5.66 Å². The highest BCUT2D eigenvalue weighted by Gasteiger charge is 2.59. The molecule has 2 aromatic rings. The zero-order valence-electron chi connectivity index (χ0n) is 17.2. The normalized spacial score (nSPS) is 22.3. The van der Waals surface area contributed by atoms with Crippen molar-refractivity contribution in [3.63, 3.8) is 0 Å². The molecule has 0 saturated carbocycles. The number of carbonyl (C=O) groups is 1. The lowest BCUT2D eigenvalue weighted by Crippen LogP contribution is -2.58. The number of carbonyl (C=O) groups excluding carboxylic acids is 1. The Morgan fingerprint density at radius 1 is 1.07 bits per heavy atom. The number of amides is 1. The summed E-state index contributed by atoms with van der Waals surface area (Å²) >= 11 is 0. The first-order chi connectivity index (χ1) is 13.4. The number of hydrogen-bond donors (Lipinski definition) is 1. The first-order valence-corrected chi connectivity index (χ1v) is 10.2. The molecule has 1 fully saturated rings. The van der Waals surface area contributed by atoms with E-state index in [9.17, 15) is 4.79 Å². The van der Waals surface area contributed by atoms with Crippen molar-refractivity contribution in [1.82, 2.24) is 5.32 Å². The van der Waals surface area contributed by atoms with E-state index < -0.39 is 5.66 Å². The molecule has 1 saturated heterocycles. The van der Waals surface area contributed by atoms with Crippen molar-refractivity contribution >= 4 is 23.4 Å². The Balaban J connectivity index is 1.69. The van der Waals surface area contributed by atoms with Crippen LogP contribution in [0.1, 0.15) is 38.8 Å². The minimum atomic E-state index is -0.536. The second-order valence-corrected chi connectivity index (χ2v) is 8.14. The molecule has 4 heteroatoms. The minimum absolute atomic E-state index is 0.0732. The predicted octanol–water partition coefficient (Wildman–Crippen LogP) is 4.17. The van der Waals surface area contributed by atoms with Crippen LogP contribution in [0.4, 0.5) is 11.4 Å². The summed E-state index contributed by atoms with van der Waals surface area (Å²) in [5, 5.41) is 3.28. The predicted molar refractivity (Wildman–Crippen MR) is 117 cm³/mol. The average Bonchev–Trinajstić information content (AvgIpc) is 3.13. The van der Waals surface area contributed by atoms with Crippen molar-refractivity contribution in [2.75, 3.05) is 29.4 Å². The minimum Gasteiger partial charge on any atom is -0.372 e. The van der Waals surface area contributed by atoms with Crippen molar-refractivity contribution in [2.24, 2.45) is 0 Å². The van der Waals surface area contributed by atoms with E-state index in [-0.39, 0.29) is 11.3 Å². The maximum Gasteiger partial charge on any atom is 0.241 e. The molecule has 4 nitrogen and oxygen atoms in total. The molecule has 1 N–H and O–H groups in total. The molecule has 0 bridgehead atoms. The van der Waals surface area contributed by atoms with E-state index in [1.54, 1.807) is 0 Å². The molecule has 1 atom stereocenters. The molecule has 0 radical (unpaired) electrons. The lowest BCUT2D eigenvalue weighted by Gasteiger charge is -2.40. The van der Waals surface area contributed by atoms with Crippen LogP contribution in [0, 0.1) is 0 Å². The molecule has 0 aromatic heterocycles. The van der Waals surface area contributed by atoms with E-state index in [1.165, 1.54) is 11.3 Å². The van der Waals surface area contributed by atoms with Crippen molar-refractivity contribution in [3.8, 4) is 0 Å². The second-order valence-electron chi connectivity index (χ2n) is 8.14. The summed E-state index contributed by atoms with van der Waals surface area (Å²) in [5.41, 5.74) is 4.03. The summed E-state index contributed by atoms with van der Waals surface area (Å²) in [5.74, 6) is 0.0732. The lowest BCUT2D eigenvalue weighted by molar-refractivity contribution is -0.118. The van der Waals surface area contributed by atoms with Gasteiger partial charge in [0.15, 0.2) is 0 Å². The fourth-order valence-electron chi connectivity index (χ4n) is 4.74. The largest absolute Gasteiger partial charge is 0.372 e. The third-order valence-corrected chi connectivity index (χ3v) is 6.42. The van der Waals surface area contributed by atoms with Gasteiger partial charge in [-0.3, -0.25) is 4.79 Å². The van der Waals surface area contributed by atoms with Crippen LogP contribution in [-0.2, 0) is 10.2 Å². The molecule has 0 aliphatic carbocycles. The van der Waals surface area contributed by atoms with Gasteiger partial charge in [-0.1, -0.05) is 50.3 Å². The van der Waals surface area contributed by atoms with E-state index in [2.05, 4.69) is 97.4 Å². The standard InChI is InChI=1S/C24H29N3O/c1-5-26(6-2)19-13-11-18(12-14-19)15-16-24-23(3,4)20-9-7-8-10-21(20)27(24)17-22(28)25-24/h7-16H,5-6,17H2,1-4H3,(H,25,28)/t24-/m0/s1. The third-order valence-electron chi connectivity index (χ3n) is 6.42. The summed E-state index contributed by atoms with van der Waals surface area (Å²) in [4.78, 5) is 16.9. The van der Waals surface area contributed by atoms with Crippen LogP contribution in [0.3, 0.4) is 0 Å². The Morgan fingerprint density at radius 3 is 2.43 bits per heavy atom. The first kappa shape index (κ1) is 18.6. The summed E-state index contributed by atoms with van der Waals surface area (Å²) in [6.45, 7) is 11.2. The van der Waals surface area contributed by atoms with Gasteiger partial charge in [-0.25, -0.2) is 0 Å². The summed E-state index contributed by atoms with van der Waals surface area (Å²) in [6, 6.07) is 17.1. The smallest absolute Gasteiger partial charge is 0.241 e. The first-order valence-electron chi connectivity index (χ1n) is 10.2. The molecule has 0 spiro atoms. The highest BCUT2D eigenvalue weighted by molar-refractivity contribution is 5.91. The Kier molecular flexibility index (Phi) is 4.45. The summed E-state index contributed by atoms with van der Waals surface area (Å²) in [6.07, 6.45) is 4.31. The number of para-hydroxylation sites is 1. The second kappa shape index (κ2) is 6.69. The highest BCUT2D eigenvalue weighted by atomic mass is 16.2. The zero-order valence-corrected chi connectivity index (χ0v) is 17.2. The molecule has 0 unspecified atom stereocenters. The van der Waals surface area contributed by atoms with Crippen LogP contribution in [-0.4, -0.2) is 31.2 Å². The number of nitrogens with one attached hydrogen (secondary N) is 1. The monoisotopic (exact) mass is 375 g/mol. The van der Waals surface area contributed by atoms with Gasteiger partial charge in [0.25, 0.3) is 0 Å². The molecule has 2 aliphatic rings. The fourth-order valence-corrected chi connectivity index (χ4v) is 4.74. The summed E-state index contributed by atoms with van der Waals surface area (Å²) < 4.78 is 0. The highest BCUT2D eigenvalue weighted by Crippen LogP contribution is 2.52. The van der Waals surface area contributed by atoms with Crippen molar-refractivity contribution < 1.29 is 4.79 Å². The van der Waals surface area contributed by atoms with Gasteiger partial charge in [-0.2, -0.15) is 0 Å². The molecular weight excluding hydrogens is 346 g/mol. The molecule has 146 valence electrons. The Hall–Kier alpha value is -2.75. The molecule has 2 aliphatic heterocycles. The molecule has 2 aromatic carbocycles. The quantitative estimate of drug-likeness (QED) is 0.852. The fraction of sp³-hybridized carbons (Fsp3) is 0.375. The average molecular weight is 376 g/mol. The van der Waals surface area contributed by atoms with Crippen LogP contribution in [0.2, 0.25) is 0 Å². The maximum absolute atomic E-state index is 12.4. The van der Waals surface area contributed by atoms with Crippen LogP contribution >= 0.6 is 0 Å². The topological polar surface area (TPSA) is 35.6 Å². The maximum atomic E-state index is 12.4. The van der Waals surface area contributed by atoms with E-state index in [0.29, 0.717) is 6.54 Å². The van der Waals surface area contributed by atoms with Gasteiger partial charge in [-0.15, -0.1) is 0 Å². The number of rotatable bonds is 5. The van der Waals surface area contributed by atoms with Crippen molar-refractivity contribution in [1.29, 1.82) is 0 Å². The lowest BCUT2D eigenvalue weighted by atomic mass is 9.75. The van der Waals surface area contributed by atoms with Crippen LogP contribution in [0.15, 0.2) is 54.6 Å². The van der Waals surface area contributed by atoms with Crippen molar-refractivity contribution in [3.05, 3.63) is 65.7 Å². The van der Waals surface area contributed by atoms with Gasteiger partial charge in [0.05, 0.1) is 6.54 Å². The number of benzene rings is 2. The van der Waals surface area contributed by atoms with Gasteiger partial charge >= 0.3 is 0 Å². The third kappa shape index (κ3) is 2.62. The zero-order chi connectivity index (χ0) is 19.9. The number of hydrogen-bond acceptors (Lipinski definition) is 3. The molecule has 28 heavy (non-hydrogen) atoms. The molecular formula is C24H29N3O. The van der Waals surface area contributed by atoms with Gasteiger partial charge in [0.2, 0.25) is 5.91 Å². The number of anilines is 2. The van der Waals surface area contributed by atoms with E-state index in [4.69, 9.17) is 0 Å². The van der Waals surface area contributed by atoms with Gasteiger partial charge < -0.3 is 15.1 Å². The number of fused-ring (bicyclic) bond motifs is 3. The van der Waals surface area contributed by atoms with E-state index in [0.717, 1.165) is 24.3 Å². The Morgan fingerprint density at radius 2 is 1.75 bits per heavy atom. The summed E-state index contributed by atoms with van der Waals surface area (Å²) in [7, 11) is 0. The Labute approximate surface area is 167 Å². The SMILES string of the molecule is CCN(CC)c1ccc(C=C[C@]23NC(=O)CN2c2ccccc2C3(C)C)cc1.